The van der Waals surface area contributed by atoms with Crippen molar-refractivity contribution in [2.75, 3.05) is 7.11 Å². The van der Waals surface area contributed by atoms with Crippen molar-refractivity contribution >= 4 is 33.9 Å². The summed E-state index contributed by atoms with van der Waals surface area (Å²) < 4.78 is 20.4. The van der Waals surface area contributed by atoms with Crippen molar-refractivity contribution in [2.24, 2.45) is 0 Å². The van der Waals surface area contributed by atoms with Crippen molar-refractivity contribution in [1.82, 2.24) is 0 Å². The van der Waals surface area contributed by atoms with Crippen molar-refractivity contribution in [3.63, 3.8) is 0 Å². The lowest BCUT2D eigenvalue weighted by Gasteiger charge is -2.27. The van der Waals surface area contributed by atoms with Crippen LogP contribution >= 0.6 is 0 Å². The van der Waals surface area contributed by atoms with Crippen LogP contribution < -0.4 is 9.47 Å². The first kappa shape index (κ1) is 25.0. The molecule has 0 atom stereocenters. The van der Waals surface area contributed by atoms with Gasteiger partial charge in [0.15, 0.2) is 0 Å². The van der Waals surface area contributed by atoms with Crippen molar-refractivity contribution in [3.05, 3.63) is 83.9 Å². The summed E-state index contributed by atoms with van der Waals surface area (Å²) >= 11 is 0. The van der Waals surface area contributed by atoms with Crippen LogP contribution in [0.25, 0.3) is 21.5 Å². The zero-order valence-electron chi connectivity index (χ0n) is 21.4. The second-order valence-electron chi connectivity index (χ2n) is 10.2. The van der Waals surface area contributed by atoms with Crippen LogP contribution in [0.3, 0.4) is 0 Å². The first-order valence-corrected chi connectivity index (χ1v) is 11.7. The summed E-state index contributed by atoms with van der Waals surface area (Å²) in [4.78, 5) is 23.6. The summed E-state index contributed by atoms with van der Waals surface area (Å²) in [5.74, 6) is 0.850. The largest absolute Gasteiger partial charge is 0.514 e. The Hall–Kier alpha value is -4.06. The predicted molar refractivity (Wildman–Crippen MR) is 140 cm³/mol. The lowest BCUT2D eigenvalue weighted by atomic mass is 9.77. The molecule has 0 aromatic heterocycles. The standard InChI is InChI=1S/C30H30O6/c1-29(2,3)36-28(32)35-26-14-10-20-8-12-24(16-22(20)18-26)30(4,5)23-11-7-19-9-13-25(17-21(19)15-23)34-27(31)33-6/h7-18H,1-6H3. The molecule has 4 aromatic rings. The molecule has 4 aromatic carbocycles. The van der Waals surface area contributed by atoms with E-state index in [2.05, 4.69) is 55.0 Å². The van der Waals surface area contributed by atoms with Crippen LogP contribution in [0.5, 0.6) is 11.5 Å². The topological polar surface area (TPSA) is 71.1 Å². The Morgan fingerprint density at radius 2 is 1.03 bits per heavy atom. The van der Waals surface area contributed by atoms with Crippen LogP contribution in [0.1, 0.15) is 45.7 Å². The Labute approximate surface area is 210 Å². The van der Waals surface area contributed by atoms with E-state index in [4.69, 9.17) is 14.2 Å². The SMILES string of the molecule is COC(=O)Oc1ccc2ccc(C(C)(C)c3ccc4ccc(OC(=O)OC(C)(C)C)cc4c3)cc2c1. The minimum atomic E-state index is -0.753. The Bertz CT molecular complexity index is 1450. The zero-order valence-corrected chi connectivity index (χ0v) is 21.4. The molecule has 0 amide bonds. The maximum atomic E-state index is 12.1. The van der Waals surface area contributed by atoms with Gasteiger partial charge in [-0.15, -0.1) is 0 Å². The highest BCUT2D eigenvalue weighted by molar-refractivity contribution is 5.87. The third-order valence-electron chi connectivity index (χ3n) is 6.03. The van der Waals surface area contributed by atoms with Gasteiger partial charge in [-0.05, 0) is 77.7 Å². The highest BCUT2D eigenvalue weighted by Crippen LogP contribution is 2.36. The number of hydrogen-bond acceptors (Lipinski definition) is 6. The van der Waals surface area contributed by atoms with Crippen LogP contribution in [0.15, 0.2) is 72.8 Å². The van der Waals surface area contributed by atoms with Crippen LogP contribution in [0.2, 0.25) is 0 Å². The summed E-state index contributed by atoms with van der Waals surface area (Å²) in [6, 6.07) is 23.5. The summed E-state index contributed by atoms with van der Waals surface area (Å²) in [6.45, 7) is 9.70. The fourth-order valence-corrected chi connectivity index (χ4v) is 4.03. The van der Waals surface area contributed by atoms with Gasteiger partial charge in [-0.25, -0.2) is 9.59 Å². The van der Waals surface area contributed by atoms with E-state index in [1.165, 1.54) is 7.11 Å². The highest BCUT2D eigenvalue weighted by Gasteiger charge is 2.24. The van der Waals surface area contributed by atoms with Gasteiger partial charge in [0, 0.05) is 5.41 Å². The number of rotatable bonds is 4. The number of carbonyl (C=O) groups is 2. The molecule has 0 heterocycles. The third kappa shape index (κ3) is 5.60. The van der Waals surface area contributed by atoms with Gasteiger partial charge in [0.05, 0.1) is 7.11 Å². The average Bonchev–Trinajstić information content (AvgIpc) is 2.81. The Kier molecular flexibility index (Phi) is 6.63. The molecule has 0 fully saturated rings. The number of hydrogen-bond donors (Lipinski definition) is 0. The lowest BCUT2D eigenvalue weighted by molar-refractivity contribution is 0.0206. The molecule has 36 heavy (non-hydrogen) atoms. The molecule has 0 radical (unpaired) electrons. The molecule has 186 valence electrons. The molecular formula is C30H30O6. The Morgan fingerprint density at radius 3 is 1.47 bits per heavy atom. The van der Waals surface area contributed by atoms with Gasteiger partial charge in [-0.3, -0.25) is 0 Å². The zero-order chi connectivity index (χ0) is 26.1. The van der Waals surface area contributed by atoms with E-state index in [0.717, 1.165) is 32.7 Å². The van der Waals surface area contributed by atoms with Crippen molar-refractivity contribution < 1.29 is 28.5 Å². The van der Waals surface area contributed by atoms with Crippen LogP contribution in [0.4, 0.5) is 9.59 Å². The van der Waals surface area contributed by atoms with Gasteiger partial charge in [-0.1, -0.05) is 62.4 Å². The molecule has 0 bridgehead atoms. The van der Waals surface area contributed by atoms with E-state index in [1.54, 1.807) is 32.9 Å². The molecule has 0 aliphatic carbocycles. The van der Waals surface area contributed by atoms with Crippen LogP contribution in [-0.2, 0) is 14.9 Å². The van der Waals surface area contributed by atoms with E-state index >= 15 is 0 Å². The van der Waals surface area contributed by atoms with E-state index in [9.17, 15) is 9.59 Å². The van der Waals surface area contributed by atoms with Gasteiger partial charge in [0.1, 0.15) is 17.1 Å². The molecule has 0 aliphatic heterocycles. The molecule has 0 unspecified atom stereocenters. The average molecular weight is 487 g/mol. The minimum absolute atomic E-state index is 0.330. The third-order valence-corrected chi connectivity index (χ3v) is 6.03. The quantitative estimate of drug-likeness (QED) is 0.217. The summed E-state index contributed by atoms with van der Waals surface area (Å²) in [7, 11) is 1.28. The first-order chi connectivity index (χ1) is 16.9. The van der Waals surface area contributed by atoms with E-state index < -0.39 is 17.9 Å². The number of fused-ring (bicyclic) bond motifs is 2. The normalized spacial score (nSPS) is 11.8. The van der Waals surface area contributed by atoms with E-state index in [0.29, 0.717) is 11.5 Å². The predicted octanol–water partition coefficient (Wildman–Crippen LogP) is 7.78. The van der Waals surface area contributed by atoms with Gasteiger partial charge in [0.2, 0.25) is 0 Å². The molecule has 0 saturated heterocycles. The van der Waals surface area contributed by atoms with Crippen LogP contribution in [-0.4, -0.2) is 25.0 Å². The molecule has 0 spiro atoms. The van der Waals surface area contributed by atoms with E-state index in [-0.39, 0.29) is 5.41 Å². The number of ether oxygens (including phenoxy) is 4. The van der Waals surface area contributed by atoms with Gasteiger partial charge in [-0.2, -0.15) is 0 Å². The summed E-state index contributed by atoms with van der Waals surface area (Å²) in [6.07, 6.45) is -1.48. The number of benzene rings is 4. The summed E-state index contributed by atoms with van der Waals surface area (Å²) in [5.41, 5.74) is 1.25. The number of methoxy groups -OCH3 is 1. The fraction of sp³-hybridized carbons (Fsp3) is 0.267. The van der Waals surface area contributed by atoms with E-state index in [1.807, 2.05) is 24.3 Å². The van der Waals surface area contributed by atoms with Gasteiger partial charge < -0.3 is 18.9 Å². The van der Waals surface area contributed by atoms with Gasteiger partial charge in [0.25, 0.3) is 0 Å². The summed E-state index contributed by atoms with van der Waals surface area (Å²) in [5, 5.41) is 3.98. The lowest BCUT2D eigenvalue weighted by Crippen LogP contribution is -2.25. The molecule has 0 aliphatic rings. The highest BCUT2D eigenvalue weighted by atomic mass is 16.7. The molecule has 6 heteroatoms. The smallest absolute Gasteiger partial charge is 0.437 e. The first-order valence-electron chi connectivity index (χ1n) is 11.7. The van der Waals surface area contributed by atoms with Crippen molar-refractivity contribution in [3.8, 4) is 11.5 Å². The molecule has 4 rings (SSSR count). The minimum Gasteiger partial charge on any atom is -0.437 e. The molecule has 0 saturated carbocycles. The molecule has 6 nitrogen and oxygen atoms in total. The Morgan fingerprint density at radius 1 is 0.583 bits per heavy atom. The van der Waals surface area contributed by atoms with Crippen molar-refractivity contribution in [2.45, 2.75) is 45.6 Å². The van der Waals surface area contributed by atoms with Crippen molar-refractivity contribution in [1.29, 1.82) is 0 Å². The maximum absolute atomic E-state index is 12.1. The fourth-order valence-electron chi connectivity index (χ4n) is 4.03. The second kappa shape index (κ2) is 9.53. The maximum Gasteiger partial charge on any atom is 0.514 e. The Balaban J connectivity index is 1.65. The molecule has 0 N–H and O–H groups in total. The molecular weight excluding hydrogens is 456 g/mol. The monoisotopic (exact) mass is 486 g/mol. The van der Waals surface area contributed by atoms with Crippen LogP contribution in [0, 0.1) is 0 Å². The van der Waals surface area contributed by atoms with Gasteiger partial charge >= 0.3 is 12.3 Å². The second-order valence-corrected chi connectivity index (χ2v) is 10.2. The number of carbonyl (C=O) groups excluding carboxylic acids is 2.